The van der Waals surface area contributed by atoms with Crippen LogP contribution in [-0.4, -0.2) is 6.61 Å². The summed E-state index contributed by atoms with van der Waals surface area (Å²) in [6.07, 6.45) is 0. The molecule has 0 atom stereocenters. The van der Waals surface area contributed by atoms with Gasteiger partial charge in [-0.1, -0.05) is 35.9 Å². The number of hydrogen-bond donors (Lipinski definition) is 0. The highest BCUT2D eigenvalue weighted by molar-refractivity contribution is 5.85. The van der Waals surface area contributed by atoms with Gasteiger partial charge in [-0.25, -0.2) is 0 Å². The highest BCUT2D eigenvalue weighted by Crippen LogP contribution is 2.32. The van der Waals surface area contributed by atoms with Crippen molar-refractivity contribution in [2.75, 3.05) is 6.61 Å². The summed E-state index contributed by atoms with van der Waals surface area (Å²) in [6, 6.07) is 11.8. The van der Waals surface area contributed by atoms with Gasteiger partial charge in [0.15, 0.2) is 5.76 Å². The van der Waals surface area contributed by atoms with Crippen LogP contribution in [0.3, 0.4) is 0 Å². The van der Waals surface area contributed by atoms with Gasteiger partial charge in [-0.2, -0.15) is 0 Å². The summed E-state index contributed by atoms with van der Waals surface area (Å²) in [5, 5.41) is 0.593. The van der Waals surface area contributed by atoms with Crippen molar-refractivity contribution in [3.63, 3.8) is 0 Å². The lowest BCUT2D eigenvalue weighted by atomic mass is 10.0. The minimum absolute atomic E-state index is 0.110. The first-order valence-corrected chi connectivity index (χ1v) is 7.79. The van der Waals surface area contributed by atoms with E-state index >= 15 is 0 Å². The molecule has 3 nitrogen and oxygen atoms in total. The molecule has 0 fully saturated rings. The SMILES string of the molecule is CCOc1c(-c2ccc(C)cc2)oc2cc(C)cc(C)c2c1=O. The van der Waals surface area contributed by atoms with Crippen LogP contribution < -0.4 is 10.2 Å². The lowest BCUT2D eigenvalue weighted by Crippen LogP contribution is -2.11. The third kappa shape index (κ3) is 2.74. The van der Waals surface area contributed by atoms with Crippen molar-refractivity contribution >= 4 is 11.0 Å². The Morgan fingerprint density at radius 1 is 1.00 bits per heavy atom. The van der Waals surface area contributed by atoms with Gasteiger partial charge in [0, 0.05) is 5.56 Å². The maximum absolute atomic E-state index is 12.9. The zero-order valence-electron chi connectivity index (χ0n) is 13.9. The molecule has 3 aromatic rings. The quantitative estimate of drug-likeness (QED) is 0.698. The Hall–Kier alpha value is -2.55. The van der Waals surface area contributed by atoms with Gasteiger partial charge in [0.2, 0.25) is 11.2 Å². The van der Waals surface area contributed by atoms with E-state index in [0.717, 1.165) is 22.3 Å². The summed E-state index contributed by atoms with van der Waals surface area (Å²) in [7, 11) is 0. The van der Waals surface area contributed by atoms with Crippen LogP contribution in [0.1, 0.15) is 23.6 Å². The molecule has 0 radical (unpaired) electrons. The lowest BCUT2D eigenvalue weighted by Gasteiger charge is -2.12. The molecule has 118 valence electrons. The molecule has 0 unspecified atom stereocenters. The summed E-state index contributed by atoms with van der Waals surface area (Å²) in [5.41, 5.74) is 4.47. The smallest absolute Gasteiger partial charge is 0.235 e. The second-order valence-electron chi connectivity index (χ2n) is 5.84. The number of aryl methyl sites for hydroxylation is 3. The molecule has 0 aliphatic heterocycles. The van der Waals surface area contributed by atoms with Gasteiger partial charge in [0.25, 0.3) is 0 Å². The van der Waals surface area contributed by atoms with E-state index in [4.69, 9.17) is 9.15 Å². The van der Waals surface area contributed by atoms with Gasteiger partial charge in [-0.15, -0.1) is 0 Å². The summed E-state index contributed by atoms with van der Waals surface area (Å²) >= 11 is 0. The van der Waals surface area contributed by atoms with E-state index in [1.54, 1.807) is 0 Å². The molecule has 0 N–H and O–H groups in total. The highest BCUT2D eigenvalue weighted by Gasteiger charge is 2.18. The molecular weight excluding hydrogens is 288 g/mol. The molecule has 0 amide bonds. The van der Waals surface area contributed by atoms with Gasteiger partial charge in [0.05, 0.1) is 12.0 Å². The molecule has 3 heteroatoms. The van der Waals surface area contributed by atoms with Crippen molar-refractivity contribution in [1.82, 2.24) is 0 Å². The molecule has 0 aliphatic carbocycles. The molecule has 1 heterocycles. The van der Waals surface area contributed by atoms with Crippen molar-refractivity contribution in [2.45, 2.75) is 27.7 Å². The second kappa shape index (κ2) is 5.92. The topological polar surface area (TPSA) is 39.4 Å². The number of rotatable bonds is 3. The van der Waals surface area contributed by atoms with E-state index in [9.17, 15) is 4.79 Å². The van der Waals surface area contributed by atoms with Crippen LogP contribution in [0.25, 0.3) is 22.3 Å². The molecule has 0 bridgehead atoms. The molecular formula is C20H20O3. The van der Waals surface area contributed by atoms with Crippen molar-refractivity contribution in [1.29, 1.82) is 0 Å². The Morgan fingerprint density at radius 3 is 2.35 bits per heavy atom. The molecule has 0 saturated heterocycles. The average molecular weight is 308 g/mol. The summed E-state index contributed by atoms with van der Waals surface area (Å²) in [5.74, 6) is 0.783. The van der Waals surface area contributed by atoms with Crippen molar-refractivity contribution in [3.8, 4) is 17.1 Å². The minimum atomic E-state index is -0.110. The van der Waals surface area contributed by atoms with Crippen LogP contribution >= 0.6 is 0 Å². The Bertz CT molecular complexity index is 918. The number of hydrogen-bond acceptors (Lipinski definition) is 3. The molecule has 0 saturated carbocycles. The highest BCUT2D eigenvalue weighted by atomic mass is 16.5. The zero-order valence-corrected chi connectivity index (χ0v) is 13.9. The number of fused-ring (bicyclic) bond motifs is 1. The van der Waals surface area contributed by atoms with Crippen LogP contribution in [0.2, 0.25) is 0 Å². The summed E-state index contributed by atoms with van der Waals surface area (Å²) < 4.78 is 11.7. The Kier molecular flexibility index (Phi) is 3.95. The predicted molar refractivity (Wildman–Crippen MR) is 93.3 cm³/mol. The monoisotopic (exact) mass is 308 g/mol. The van der Waals surface area contributed by atoms with Crippen molar-refractivity contribution < 1.29 is 9.15 Å². The fourth-order valence-electron chi connectivity index (χ4n) is 2.84. The van der Waals surface area contributed by atoms with Crippen molar-refractivity contribution in [3.05, 3.63) is 63.3 Å². The van der Waals surface area contributed by atoms with Gasteiger partial charge < -0.3 is 9.15 Å². The maximum atomic E-state index is 12.9. The molecule has 3 rings (SSSR count). The lowest BCUT2D eigenvalue weighted by molar-refractivity contribution is 0.330. The van der Waals surface area contributed by atoms with Crippen LogP contribution in [0.4, 0.5) is 0 Å². The molecule has 1 aromatic heterocycles. The van der Waals surface area contributed by atoms with E-state index < -0.39 is 0 Å². The first-order chi connectivity index (χ1) is 11.0. The van der Waals surface area contributed by atoms with Crippen LogP contribution in [0.5, 0.6) is 5.75 Å². The van der Waals surface area contributed by atoms with Gasteiger partial charge in [0.1, 0.15) is 5.58 Å². The van der Waals surface area contributed by atoms with E-state index in [-0.39, 0.29) is 11.2 Å². The number of benzene rings is 2. The second-order valence-corrected chi connectivity index (χ2v) is 5.84. The fourth-order valence-corrected chi connectivity index (χ4v) is 2.84. The van der Waals surface area contributed by atoms with Crippen LogP contribution in [-0.2, 0) is 0 Å². The number of ether oxygens (including phenoxy) is 1. The third-order valence-electron chi connectivity index (χ3n) is 3.90. The Balaban J connectivity index is 2.38. The van der Waals surface area contributed by atoms with E-state index in [2.05, 4.69) is 0 Å². The Labute approximate surface area is 135 Å². The third-order valence-corrected chi connectivity index (χ3v) is 3.90. The minimum Gasteiger partial charge on any atom is -0.487 e. The molecule has 0 spiro atoms. The first kappa shape index (κ1) is 15.3. The van der Waals surface area contributed by atoms with Gasteiger partial charge in [-0.3, -0.25) is 4.79 Å². The normalized spacial score (nSPS) is 11.0. The molecule has 2 aromatic carbocycles. The summed E-state index contributed by atoms with van der Waals surface area (Å²) in [6.45, 7) is 8.23. The van der Waals surface area contributed by atoms with Crippen LogP contribution in [0, 0.1) is 20.8 Å². The van der Waals surface area contributed by atoms with Crippen LogP contribution in [0.15, 0.2) is 45.6 Å². The largest absolute Gasteiger partial charge is 0.487 e. The van der Waals surface area contributed by atoms with E-state index in [0.29, 0.717) is 23.3 Å². The maximum Gasteiger partial charge on any atom is 0.235 e. The molecule has 23 heavy (non-hydrogen) atoms. The van der Waals surface area contributed by atoms with Gasteiger partial charge in [-0.05, 0) is 44.9 Å². The predicted octanol–water partition coefficient (Wildman–Crippen LogP) is 4.78. The van der Waals surface area contributed by atoms with E-state index in [1.165, 1.54) is 0 Å². The Morgan fingerprint density at radius 2 is 1.70 bits per heavy atom. The standard InChI is InChI=1S/C20H20O3/c1-5-22-20-18(21)17-14(4)10-13(3)11-16(17)23-19(20)15-8-6-12(2)7-9-15/h6-11H,5H2,1-4H3. The fraction of sp³-hybridized carbons (Fsp3) is 0.250. The summed E-state index contributed by atoms with van der Waals surface area (Å²) in [4.78, 5) is 12.9. The van der Waals surface area contributed by atoms with E-state index in [1.807, 2.05) is 64.1 Å². The average Bonchev–Trinajstić information content (AvgIpc) is 2.50. The van der Waals surface area contributed by atoms with Crippen molar-refractivity contribution in [2.24, 2.45) is 0 Å². The molecule has 0 aliphatic rings. The zero-order chi connectivity index (χ0) is 16.6. The first-order valence-electron chi connectivity index (χ1n) is 7.79. The van der Waals surface area contributed by atoms with Gasteiger partial charge >= 0.3 is 0 Å².